The summed E-state index contributed by atoms with van der Waals surface area (Å²) in [5.41, 5.74) is 1.53. The zero-order chi connectivity index (χ0) is 28.1. The summed E-state index contributed by atoms with van der Waals surface area (Å²) < 4.78 is 5.24. The third-order valence-corrected chi connectivity index (χ3v) is 5.68. The van der Waals surface area contributed by atoms with Gasteiger partial charge in [-0.25, -0.2) is 9.59 Å². The van der Waals surface area contributed by atoms with Gasteiger partial charge in [0.05, 0.1) is 6.04 Å². The van der Waals surface area contributed by atoms with Crippen molar-refractivity contribution in [2.75, 3.05) is 0 Å². The van der Waals surface area contributed by atoms with E-state index in [4.69, 9.17) is 4.74 Å². The van der Waals surface area contributed by atoms with Crippen molar-refractivity contribution in [3.8, 4) is 0 Å². The zero-order valence-electron chi connectivity index (χ0n) is 21.8. The first-order valence-corrected chi connectivity index (χ1v) is 12.5. The van der Waals surface area contributed by atoms with Gasteiger partial charge in [0, 0.05) is 6.42 Å². The van der Waals surface area contributed by atoms with Crippen molar-refractivity contribution in [2.24, 2.45) is 5.92 Å². The lowest BCUT2D eigenvalue weighted by Gasteiger charge is -2.23. The molecule has 38 heavy (non-hydrogen) atoms. The van der Waals surface area contributed by atoms with Crippen LogP contribution in [0.15, 0.2) is 60.7 Å². The Labute approximate surface area is 222 Å². The average molecular weight is 526 g/mol. The van der Waals surface area contributed by atoms with Crippen LogP contribution >= 0.6 is 0 Å². The second-order valence-electron chi connectivity index (χ2n) is 9.28. The van der Waals surface area contributed by atoms with Crippen LogP contribution in [0, 0.1) is 5.92 Å². The van der Waals surface area contributed by atoms with Crippen molar-refractivity contribution in [3.05, 3.63) is 71.8 Å². The van der Waals surface area contributed by atoms with E-state index in [1.165, 1.54) is 0 Å². The first-order valence-electron chi connectivity index (χ1n) is 12.5. The highest BCUT2D eigenvalue weighted by molar-refractivity contribution is 6.38. The summed E-state index contributed by atoms with van der Waals surface area (Å²) >= 11 is 0. The number of Topliss-reactive ketones (excluding diaryl/α,β-unsaturated/α-hetero) is 1. The van der Waals surface area contributed by atoms with Crippen molar-refractivity contribution in [1.29, 1.82) is 0 Å². The lowest BCUT2D eigenvalue weighted by Crippen LogP contribution is -2.55. The maximum Gasteiger partial charge on any atom is 0.408 e. The molecule has 3 atom stereocenters. The van der Waals surface area contributed by atoms with Crippen molar-refractivity contribution >= 4 is 29.7 Å². The van der Waals surface area contributed by atoms with Gasteiger partial charge in [0.25, 0.3) is 5.91 Å². The Morgan fingerprint density at radius 1 is 0.789 bits per heavy atom. The van der Waals surface area contributed by atoms with Crippen LogP contribution in [-0.2, 0) is 36.9 Å². The van der Waals surface area contributed by atoms with E-state index in [1.54, 1.807) is 57.2 Å². The molecule has 1 unspecified atom stereocenters. The number of carbonyl (C=O) groups excluding carboxylic acids is 4. The molecule has 0 bridgehead atoms. The number of carboxylic acid groups (broad SMARTS) is 1. The Morgan fingerprint density at radius 2 is 1.37 bits per heavy atom. The highest BCUT2D eigenvalue weighted by Crippen LogP contribution is 2.08. The van der Waals surface area contributed by atoms with Gasteiger partial charge in [0.1, 0.15) is 18.7 Å². The van der Waals surface area contributed by atoms with E-state index in [-0.39, 0.29) is 31.8 Å². The minimum Gasteiger partial charge on any atom is -0.480 e. The summed E-state index contributed by atoms with van der Waals surface area (Å²) in [6.45, 7) is 5.20. The fourth-order valence-corrected chi connectivity index (χ4v) is 3.67. The quantitative estimate of drug-likeness (QED) is 0.277. The van der Waals surface area contributed by atoms with E-state index >= 15 is 0 Å². The van der Waals surface area contributed by atoms with Crippen molar-refractivity contribution in [2.45, 2.75) is 64.8 Å². The Hall–Kier alpha value is -4.21. The van der Waals surface area contributed by atoms with E-state index in [1.807, 2.05) is 24.3 Å². The van der Waals surface area contributed by atoms with Crippen LogP contribution in [0.3, 0.4) is 0 Å². The second kappa shape index (κ2) is 15.1. The molecule has 0 aliphatic carbocycles. The molecular formula is C28H35N3O7. The normalized spacial score (nSPS) is 13.1. The lowest BCUT2D eigenvalue weighted by molar-refractivity contribution is -0.145. The number of ether oxygens (including phenoxy) is 1. The minimum atomic E-state index is -1.25. The van der Waals surface area contributed by atoms with Gasteiger partial charge in [-0.15, -0.1) is 0 Å². The van der Waals surface area contributed by atoms with Gasteiger partial charge >= 0.3 is 12.1 Å². The number of carbonyl (C=O) groups is 5. The summed E-state index contributed by atoms with van der Waals surface area (Å²) in [4.78, 5) is 62.4. The monoisotopic (exact) mass is 525 g/mol. The zero-order valence-corrected chi connectivity index (χ0v) is 21.8. The fraction of sp³-hybridized carbons (Fsp3) is 0.393. The van der Waals surface area contributed by atoms with Crippen LogP contribution in [0.1, 0.15) is 44.7 Å². The molecule has 0 spiro atoms. The van der Waals surface area contributed by atoms with Gasteiger partial charge in [-0.3, -0.25) is 14.4 Å². The number of hydrogen-bond acceptors (Lipinski definition) is 6. The summed E-state index contributed by atoms with van der Waals surface area (Å²) in [7, 11) is 0. The molecule has 0 aromatic heterocycles. The van der Waals surface area contributed by atoms with Gasteiger partial charge in [-0.1, -0.05) is 81.4 Å². The first-order chi connectivity index (χ1) is 18.1. The number of carboxylic acids is 1. The Morgan fingerprint density at radius 3 is 1.89 bits per heavy atom. The van der Waals surface area contributed by atoms with Gasteiger partial charge in [0.2, 0.25) is 11.7 Å². The van der Waals surface area contributed by atoms with E-state index in [2.05, 4.69) is 16.0 Å². The van der Waals surface area contributed by atoms with Crippen molar-refractivity contribution in [3.63, 3.8) is 0 Å². The fourth-order valence-electron chi connectivity index (χ4n) is 3.67. The second-order valence-corrected chi connectivity index (χ2v) is 9.28. The largest absolute Gasteiger partial charge is 0.480 e. The Bertz CT molecular complexity index is 1090. The molecule has 2 aromatic carbocycles. The van der Waals surface area contributed by atoms with Crippen molar-refractivity contribution < 1.29 is 33.8 Å². The minimum absolute atomic E-state index is 0.00368. The van der Waals surface area contributed by atoms with E-state index < -0.39 is 47.8 Å². The SMILES string of the molecule is CCC(NC(=O)[C@H](Cc1ccccc1)NC(=O)OCc1ccccc1)C(=O)C(=O)N[C@H](CC(C)C)C(=O)O. The molecule has 0 radical (unpaired) electrons. The molecule has 0 saturated carbocycles. The van der Waals surface area contributed by atoms with Crippen LogP contribution in [0.25, 0.3) is 0 Å². The number of nitrogens with one attached hydrogen (secondary N) is 3. The molecule has 4 N–H and O–H groups in total. The molecule has 3 amide bonds. The van der Waals surface area contributed by atoms with Gasteiger partial charge in [-0.2, -0.15) is 0 Å². The van der Waals surface area contributed by atoms with Gasteiger partial charge in [0.15, 0.2) is 0 Å². The first kappa shape index (κ1) is 30.0. The van der Waals surface area contributed by atoms with E-state index in [0.29, 0.717) is 0 Å². The molecule has 10 nitrogen and oxygen atoms in total. The smallest absolute Gasteiger partial charge is 0.408 e. The molecular weight excluding hydrogens is 490 g/mol. The number of rotatable bonds is 14. The topological polar surface area (TPSA) is 151 Å². The van der Waals surface area contributed by atoms with Crippen LogP contribution in [0.4, 0.5) is 4.79 Å². The predicted molar refractivity (Wildman–Crippen MR) is 140 cm³/mol. The molecule has 0 fully saturated rings. The summed E-state index contributed by atoms with van der Waals surface area (Å²) in [5.74, 6) is -4.03. The van der Waals surface area contributed by atoms with Gasteiger partial charge in [-0.05, 0) is 29.9 Å². The third-order valence-electron chi connectivity index (χ3n) is 5.68. The van der Waals surface area contributed by atoms with E-state index in [9.17, 15) is 29.1 Å². The number of benzene rings is 2. The van der Waals surface area contributed by atoms with Crippen LogP contribution in [-0.4, -0.2) is 52.9 Å². The standard InChI is InChI=1S/C28H35N3O7/c1-4-21(24(32)26(34)30-23(27(35)36)15-18(2)3)29-25(33)22(16-19-11-7-5-8-12-19)31-28(37)38-17-20-13-9-6-10-14-20/h5-14,18,21-23H,4,15-17H2,1-3H3,(H,29,33)(H,30,34)(H,31,37)(H,35,36)/t21?,22-,23+/m0/s1. The molecule has 0 aliphatic heterocycles. The Balaban J connectivity index is 2.09. The number of ketones is 1. The van der Waals surface area contributed by atoms with Crippen LogP contribution in [0.5, 0.6) is 0 Å². The molecule has 2 rings (SSSR count). The highest BCUT2D eigenvalue weighted by Gasteiger charge is 2.32. The number of amides is 3. The van der Waals surface area contributed by atoms with Crippen LogP contribution in [0.2, 0.25) is 0 Å². The molecule has 0 saturated heterocycles. The van der Waals surface area contributed by atoms with Crippen LogP contribution < -0.4 is 16.0 Å². The summed E-state index contributed by atoms with van der Waals surface area (Å²) in [6.07, 6.45) is -0.485. The lowest BCUT2D eigenvalue weighted by atomic mass is 10.0. The maximum atomic E-state index is 13.2. The Kier molecular flexibility index (Phi) is 12.0. The third kappa shape index (κ3) is 10.0. The van der Waals surface area contributed by atoms with Crippen molar-refractivity contribution in [1.82, 2.24) is 16.0 Å². The predicted octanol–water partition coefficient (Wildman–Crippen LogP) is 2.60. The molecule has 204 valence electrons. The van der Waals surface area contributed by atoms with Gasteiger partial charge < -0.3 is 25.8 Å². The molecule has 0 heterocycles. The average Bonchev–Trinajstić information content (AvgIpc) is 2.90. The van der Waals surface area contributed by atoms with E-state index in [0.717, 1.165) is 11.1 Å². The number of hydrogen-bond donors (Lipinski definition) is 4. The molecule has 10 heteroatoms. The highest BCUT2D eigenvalue weighted by atomic mass is 16.5. The number of aliphatic carboxylic acids is 1. The summed E-state index contributed by atoms with van der Waals surface area (Å²) in [6, 6.07) is 14.5. The summed E-state index contributed by atoms with van der Waals surface area (Å²) in [5, 5.41) is 16.7. The maximum absolute atomic E-state index is 13.2. The number of alkyl carbamates (subject to hydrolysis) is 1. The molecule has 2 aromatic rings. The molecule has 0 aliphatic rings.